The Morgan fingerprint density at radius 3 is 2.61 bits per heavy atom. The minimum atomic E-state index is -4.69. The summed E-state index contributed by atoms with van der Waals surface area (Å²) >= 11 is 0. The van der Waals surface area contributed by atoms with E-state index in [-0.39, 0.29) is 29.3 Å². The lowest BCUT2D eigenvalue weighted by molar-refractivity contribution is -0.137. The average Bonchev–Trinajstić information content (AvgIpc) is 3.65. The molecule has 0 atom stereocenters. The third kappa shape index (κ3) is 6.43. The molecule has 0 spiro atoms. The quantitative estimate of drug-likeness (QED) is 0.195. The molecule has 0 bridgehead atoms. The van der Waals surface area contributed by atoms with E-state index in [9.17, 15) is 22.4 Å². The highest BCUT2D eigenvalue weighted by Crippen LogP contribution is 2.36. The summed E-state index contributed by atoms with van der Waals surface area (Å²) in [7, 11) is 1.51. The number of hydrogen-bond donors (Lipinski definition) is 3. The van der Waals surface area contributed by atoms with E-state index in [0.29, 0.717) is 23.1 Å². The van der Waals surface area contributed by atoms with Gasteiger partial charge in [-0.05, 0) is 42.5 Å². The van der Waals surface area contributed by atoms with Gasteiger partial charge in [-0.3, -0.25) is 9.89 Å². The minimum absolute atomic E-state index is 0.0207. The van der Waals surface area contributed by atoms with Crippen LogP contribution in [0, 0.1) is 5.82 Å². The molecule has 2 aromatic carbocycles. The first kappa shape index (κ1) is 27.2. The number of imidazole rings is 1. The van der Waals surface area contributed by atoms with Crippen LogP contribution in [-0.4, -0.2) is 37.7 Å². The first-order chi connectivity index (χ1) is 19.7. The van der Waals surface area contributed by atoms with E-state index in [1.165, 1.54) is 48.6 Å². The molecule has 0 unspecified atom stereocenters. The molecule has 3 heterocycles. The topological polar surface area (TPSA) is 119 Å². The van der Waals surface area contributed by atoms with Gasteiger partial charge in [0.1, 0.15) is 6.61 Å². The van der Waals surface area contributed by atoms with Crippen molar-refractivity contribution in [2.24, 2.45) is 0 Å². The van der Waals surface area contributed by atoms with Crippen LogP contribution >= 0.6 is 0 Å². The molecule has 1 amide bonds. The number of halogens is 4. The number of amides is 1. The molecule has 0 aliphatic carbocycles. The number of alkyl halides is 3. The Morgan fingerprint density at radius 1 is 1.07 bits per heavy atom. The molecule has 5 aromatic rings. The highest BCUT2D eigenvalue weighted by Gasteiger charge is 2.34. The van der Waals surface area contributed by atoms with Crippen molar-refractivity contribution in [3.63, 3.8) is 0 Å². The van der Waals surface area contributed by atoms with Crippen molar-refractivity contribution in [2.45, 2.75) is 12.8 Å². The summed E-state index contributed by atoms with van der Waals surface area (Å²) in [6.45, 7) is -0.109. The fourth-order valence-corrected chi connectivity index (χ4v) is 3.80. The number of aromatic nitrogens is 5. The number of H-pyrrole nitrogens is 1. The van der Waals surface area contributed by atoms with Crippen LogP contribution in [0.15, 0.2) is 79.5 Å². The average molecular weight is 568 g/mol. The third-order valence-corrected chi connectivity index (χ3v) is 5.77. The summed E-state index contributed by atoms with van der Waals surface area (Å²) in [5.41, 5.74) is -0.0688. The highest BCUT2D eigenvalue weighted by atomic mass is 19.4. The molecular weight excluding hydrogens is 546 g/mol. The zero-order valence-electron chi connectivity index (χ0n) is 21.2. The van der Waals surface area contributed by atoms with Crippen LogP contribution in [-0.2, 0) is 12.8 Å². The third-order valence-electron chi connectivity index (χ3n) is 5.77. The van der Waals surface area contributed by atoms with Crippen LogP contribution in [0.1, 0.15) is 21.6 Å². The maximum Gasteiger partial charge on any atom is 0.418 e. The second-order valence-electron chi connectivity index (χ2n) is 8.58. The molecule has 5 rings (SSSR count). The standard InChI is InChI=1S/C27H21F4N7O3/c1-40-25-7-4-18(13-33-25)34-24-12-19(36-37-24)14-41-23-10-16(2-5-21(23)28)26(39)35-17-3-6-22(38-9-8-32-15-38)20(11-17)27(29,30)31/h2-13,15H,14H2,1H3,(H,35,39)(H2,34,36,37). The lowest BCUT2D eigenvalue weighted by Gasteiger charge is -2.15. The molecule has 41 heavy (non-hydrogen) atoms. The van der Waals surface area contributed by atoms with Crippen molar-refractivity contribution in [3.05, 3.63) is 102 Å². The molecule has 0 saturated carbocycles. The monoisotopic (exact) mass is 567 g/mol. The van der Waals surface area contributed by atoms with E-state index in [1.807, 2.05) is 0 Å². The van der Waals surface area contributed by atoms with Crippen molar-refractivity contribution in [1.29, 1.82) is 0 Å². The Hall–Kier alpha value is -5.40. The fraction of sp³-hybridized carbons (Fsp3) is 0.111. The van der Waals surface area contributed by atoms with Crippen LogP contribution in [0.2, 0.25) is 0 Å². The van der Waals surface area contributed by atoms with Crippen LogP contribution in [0.5, 0.6) is 11.6 Å². The Labute approximate surface area is 230 Å². The zero-order valence-corrected chi connectivity index (χ0v) is 21.2. The predicted octanol–water partition coefficient (Wildman–Crippen LogP) is 5.73. The summed E-state index contributed by atoms with van der Waals surface area (Å²) in [6.07, 6.45) is 0.842. The van der Waals surface area contributed by atoms with Gasteiger partial charge in [-0.1, -0.05) is 0 Å². The molecular formula is C27H21F4N7O3. The molecule has 0 saturated heterocycles. The van der Waals surface area contributed by atoms with E-state index in [1.54, 1.807) is 24.4 Å². The summed E-state index contributed by atoms with van der Waals surface area (Å²) in [6, 6.07) is 11.8. The maximum atomic E-state index is 14.4. The second-order valence-corrected chi connectivity index (χ2v) is 8.58. The Bertz CT molecular complexity index is 1650. The molecule has 0 radical (unpaired) electrons. The number of ether oxygens (including phenoxy) is 2. The molecule has 210 valence electrons. The molecule has 3 aromatic heterocycles. The number of anilines is 3. The number of methoxy groups -OCH3 is 1. The van der Waals surface area contributed by atoms with Gasteiger partial charge in [0.15, 0.2) is 17.4 Å². The first-order valence-corrected chi connectivity index (χ1v) is 11.9. The largest absolute Gasteiger partial charge is 0.484 e. The van der Waals surface area contributed by atoms with Gasteiger partial charge in [-0.2, -0.15) is 18.3 Å². The first-order valence-electron chi connectivity index (χ1n) is 11.9. The van der Waals surface area contributed by atoms with Crippen molar-refractivity contribution < 1.29 is 31.8 Å². The van der Waals surface area contributed by atoms with Crippen molar-refractivity contribution in [3.8, 4) is 17.3 Å². The van der Waals surface area contributed by atoms with Gasteiger partial charge in [0.25, 0.3) is 5.91 Å². The lowest BCUT2D eigenvalue weighted by Crippen LogP contribution is -2.15. The van der Waals surface area contributed by atoms with Gasteiger partial charge in [0, 0.05) is 35.8 Å². The summed E-state index contributed by atoms with van der Waals surface area (Å²) in [5.74, 6) is -0.791. The number of carbonyl (C=O) groups excluding carboxylic acids is 1. The number of nitrogens with zero attached hydrogens (tertiary/aromatic N) is 4. The number of pyridine rings is 1. The minimum Gasteiger partial charge on any atom is -0.484 e. The van der Waals surface area contributed by atoms with E-state index >= 15 is 0 Å². The zero-order chi connectivity index (χ0) is 29.0. The van der Waals surface area contributed by atoms with Crippen LogP contribution in [0.4, 0.5) is 34.8 Å². The number of nitrogens with one attached hydrogen (secondary N) is 3. The van der Waals surface area contributed by atoms with Gasteiger partial charge in [-0.15, -0.1) is 0 Å². The van der Waals surface area contributed by atoms with Crippen LogP contribution in [0.3, 0.4) is 0 Å². The molecule has 3 N–H and O–H groups in total. The molecule has 10 nitrogen and oxygen atoms in total. The van der Waals surface area contributed by atoms with Gasteiger partial charge >= 0.3 is 6.18 Å². The fourth-order valence-electron chi connectivity index (χ4n) is 3.80. The van der Waals surface area contributed by atoms with Gasteiger partial charge in [0.05, 0.1) is 42.3 Å². The summed E-state index contributed by atoms with van der Waals surface area (Å²) in [4.78, 5) is 20.7. The number of aromatic amines is 1. The predicted molar refractivity (Wildman–Crippen MR) is 140 cm³/mol. The Kier molecular flexibility index (Phi) is 7.54. The van der Waals surface area contributed by atoms with E-state index in [4.69, 9.17) is 9.47 Å². The highest BCUT2D eigenvalue weighted by molar-refractivity contribution is 6.04. The van der Waals surface area contributed by atoms with Crippen molar-refractivity contribution in [1.82, 2.24) is 24.7 Å². The number of carbonyl (C=O) groups is 1. The maximum absolute atomic E-state index is 14.4. The van der Waals surface area contributed by atoms with Crippen molar-refractivity contribution >= 4 is 23.1 Å². The molecule has 0 aliphatic rings. The number of rotatable bonds is 9. The number of hydrogen-bond acceptors (Lipinski definition) is 7. The van der Waals surface area contributed by atoms with Gasteiger partial charge in [0.2, 0.25) is 5.88 Å². The number of benzene rings is 2. The van der Waals surface area contributed by atoms with Gasteiger partial charge < -0.3 is 24.7 Å². The molecule has 0 aliphatic heterocycles. The second kappa shape index (κ2) is 11.4. The Morgan fingerprint density at radius 2 is 1.90 bits per heavy atom. The lowest BCUT2D eigenvalue weighted by atomic mass is 10.1. The van der Waals surface area contributed by atoms with Crippen molar-refractivity contribution in [2.75, 3.05) is 17.7 Å². The summed E-state index contributed by atoms with van der Waals surface area (Å²) < 4.78 is 67.4. The summed E-state index contributed by atoms with van der Waals surface area (Å²) in [5, 5.41) is 12.3. The smallest absolute Gasteiger partial charge is 0.418 e. The van der Waals surface area contributed by atoms with Crippen LogP contribution in [0.25, 0.3) is 5.69 Å². The van der Waals surface area contributed by atoms with E-state index in [2.05, 4.69) is 30.8 Å². The van der Waals surface area contributed by atoms with E-state index < -0.39 is 23.5 Å². The van der Waals surface area contributed by atoms with Crippen LogP contribution < -0.4 is 20.1 Å². The normalized spacial score (nSPS) is 11.2. The van der Waals surface area contributed by atoms with E-state index in [0.717, 1.165) is 18.2 Å². The molecule has 14 heteroatoms. The Balaban J connectivity index is 1.25. The van der Waals surface area contributed by atoms with Gasteiger partial charge in [-0.25, -0.2) is 14.4 Å². The SMILES string of the molecule is COc1ccc(Nc2cc(COc3cc(C(=O)Nc4ccc(-n5ccnc5)c(C(F)(F)F)c4)ccc3F)[nH]n2)cn1. The molecule has 0 fully saturated rings.